The Morgan fingerprint density at radius 2 is 2.14 bits per heavy atom. The van der Waals surface area contributed by atoms with Crippen molar-refractivity contribution < 1.29 is 13.7 Å². The number of fused-ring (bicyclic) bond motifs is 1. The lowest BCUT2D eigenvalue weighted by atomic mass is 10.1. The van der Waals surface area contributed by atoms with E-state index in [4.69, 9.17) is 13.7 Å². The predicted octanol–water partition coefficient (Wildman–Crippen LogP) is 4.53. The Hall–Kier alpha value is -2.60. The molecule has 110 valence electrons. The van der Waals surface area contributed by atoms with E-state index >= 15 is 0 Å². The summed E-state index contributed by atoms with van der Waals surface area (Å²) < 4.78 is 16.5. The van der Waals surface area contributed by atoms with Gasteiger partial charge >= 0.3 is 0 Å². The van der Waals surface area contributed by atoms with Gasteiger partial charge in [-0.15, -0.1) is 0 Å². The second kappa shape index (κ2) is 4.99. The van der Waals surface area contributed by atoms with Crippen LogP contribution in [0.3, 0.4) is 0 Å². The van der Waals surface area contributed by atoms with Crippen LogP contribution in [-0.4, -0.2) is 17.3 Å². The number of ether oxygens (including phenoxy) is 1. The SMILES string of the molecule is COc1ccc2oc(-c3noc(-c4ccsc4)n3)c(C)c2c1. The Labute approximate surface area is 130 Å². The summed E-state index contributed by atoms with van der Waals surface area (Å²) in [4.78, 5) is 4.43. The zero-order valence-corrected chi connectivity index (χ0v) is 12.8. The normalized spacial score (nSPS) is 11.2. The van der Waals surface area contributed by atoms with Crippen molar-refractivity contribution in [1.29, 1.82) is 0 Å². The van der Waals surface area contributed by atoms with Gasteiger partial charge in [0, 0.05) is 16.3 Å². The third kappa shape index (κ3) is 2.00. The Kier molecular flexibility index (Phi) is 2.97. The first kappa shape index (κ1) is 13.1. The number of methoxy groups -OCH3 is 1. The van der Waals surface area contributed by atoms with Gasteiger partial charge in [0.05, 0.1) is 12.7 Å². The molecule has 0 fully saturated rings. The van der Waals surface area contributed by atoms with Gasteiger partial charge in [0.1, 0.15) is 11.3 Å². The van der Waals surface area contributed by atoms with E-state index in [1.165, 1.54) is 0 Å². The quantitative estimate of drug-likeness (QED) is 0.556. The molecule has 0 atom stereocenters. The van der Waals surface area contributed by atoms with Gasteiger partial charge in [-0.25, -0.2) is 0 Å². The molecule has 0 radical (unpaired) electrons. The van der Waals surface area contributed by atoms with Crippen molar-refractivity contribution in [3.8, 4) is 28.8 Å². The van der Waals surface area contributed by atoms with Gasteiger partial charge in [-0.2, -0.15) is 16.3 Å². The van der Waals surface area contributed by atoms with Gasteiger partial charge in [0.15, 0.2) is 5.76 Å². The third-order valence-corrected chi connectivity index (χ3v) is 4.22. The van der Waals surface area contributed by atoms with Crippen LogP contribution < -0.4 is 4.74 Å². The lowest BCUT2D eigenvalue weighted by Gasteiger charge is -1.97. The van der Waals surface area contributed by atoms with Crippen LogP contribution >= 0.6 is 11.3 Å². The maximum Gasteiger partial charge on any atom is 0.259 e. The Balaban J connectivity index is 1.82. The standard InChI is InChI=1S/C16H12N2O3S/c1-9-12-7-11(19-2)3-4-13(12)20-14(9)15-17-16(21-18-15)10-5-6-22-8-10/h3-8H,1-2H3. The van der Waals surface area contributed by atoms with E-state index in [0.717, 1.165) is 27.8 Å². The van der Waals surface area contributed by atoms with E-state index in [1.807, 2.05) is 41.9 Å². The van der Waals surface area contributed by atoms with Crippen molar-refractivity contribution >= 4 is 22.3 Å². The fraction of sp³-hybridized carbons (Fsp3) is 0.125. The second-order valence-electron chi connectivity index (χ2n) is 4.85. The lowest BCUT2D eigenvalue weighted by molar-refractivity contribution is 0.415. The van der Waals surface area contributed by atoms with Crippen molar-refractivity contribution in [2.24, 2.45) is 0 Å². The number of furan rings is 1. The zero-order chi connectivity index (χ0) is 15.1. The first-order valence-electron chi connectivity index (χ1n) is 6.70. The molecule has 22 heavy (non-hydrogen) atoms. The maximum atomic E-state index is 5.88. The number of benzene rings is 1. The van der Waals surface area contributed by atoms with Crippen LogP contribution in [0.15, 0.2) is 44.0 Å². The smallest absolute Gasteiger partial charge is 0.259 e. The fourth-order valence-electron chi connectivity index (χ4n) is 2.36. The molecule has 0 unspecified atom stereocenters. The van der Waals surface area contributed by atoms with E-state index in [0.29, 0.717) is 17.5 Å². The van der Waals surface area contributed by atoms with Crippen LogP contribution in [0.4, 0.5) is 0 Å². The van der Waals surface area contributed by atoms with Crippen LogP contribution in [0.1, 0.15) is 5.56 Å². The molecule has 0 aliphatic rings. The molecule has 3 aromatic heterocycles. The van der Waals surface area contributed by atoms with Crippen LogP contribution in [0.5, 0.6) is 5.75 Å². The number of hydrogen-bond donors (Lipinski definition) is 0. The fourth-order valence-corrected chi connectivity index (χ4v) is 2.99. The van der Waals surface area contributed by atoms with Gasteiger partial charge in [-0.1, -0.05) is 5.16 Å². The van der Waals surface area contributed by atoms with Gasteiger partial charge in [0.2, 0.25) is 5.82 Å². The maximum absolute atomic E-state index is 5.88. The summed E-state index contributed by atoms with van der Waals surface area (Å²) in [5.74, 6) is 2.35. The molecule has 0 amide bonds. The molecule has 4 rings (SSSR count). The first-order valence-corrected chi connectivity index (χ1v) is 7.64. The average molecular weight is 312 g/mol. The summed E-state index contributed by atoms with van der Waals surface area (Å²) in [7, 11) is 1.64. The molecule has 0 saturated carbocycles. The van der Waals surface area contributed by atoms with Crippen molar-refractivity contribution in [1.82, 2.24) is 10.1 Å². The third-order valence-electron chi connectivity index (χ3n) is 3.54. The molecule has 0 aliphatic heterocycles. The summed E-state index contributed by atoms with van der Waals surface area (Å²) in [6, 6.07) is 7.63. The minimum atomic E-state index is 0.453. The molecule has 0 bridgehead atoms. The van der Waals surface area contributed by atoms with Gasteiger partial charge < -0.3 is 13.7 Å². The minimum Gasteiger partial charge on any atom is -0.497 e. The average Bonchev–Trinajstić information content (AvgIpc) is 3.26. The van der Waals surface area contributed by atoms with Crippen molar-refractivity contribution in [3.05, 3.63) is 40.6 Å². The first-order chi connectivity index (χ1) is 10.8. The highest BCUT2D eigenvalue weighted by Gasteiger charge is 2.19. The second-order valence-corrected chi connectivity index (χ2v) is 5.63. The minimum absolute atomic E-state index is 0.453. The van der Waals surface area contributed by atoms with Crippen LogP contribution in [0.2, 0.25) is 0 Å². The molecule has 0 saturated heterocycles. The van der Waals surface area contributed by atoms with Gasteiger partial charge in [-0.3, -0.25) is 0 Å². The lowest BCUT2D eigenvalue weighted by Crippen LogP contribution is -1.82. The van der Waals surface area contributed by atoms with Crippen LogP contribution in [0, 0.1) is 6.92 Å². The number of hydrogen-bond acceptors (Lipinski definition) is 6. The van der Waals surface area contributed by atoms with Crippen molar-refractivity contribution in [3.63, 3.8) is 0 Å². The highest BCUT2D eigenvalue weighted by molar-refractivity contribution is 7.08. The van der Waals surface area contributed by atoms with E-state index in [9.17, 15) is 0 Å². The topological polar surface area (TPSA) is 61.3 Å². The van der Waals surface area contributed by atoms with Crippen LogP contribution in [-0.2, 0) is 0 Å². The van der Waals surface area contributed by atoms with E-state index in [1.54, 1.807) is 18.4 Å². The number of thiophene rings is 1. The van der Waals surface area contributed by atoms with Crippen molar-refractivity contribution in [2.45, 2.75) is 6.92 Å². The molecule has 4 aromatic rings. The highest BCUT2D eigenvalue weighted by Crippen LogP contribution is 2.34. The molecule has 5 nitrogen and oxygen atoms in total. The molecule has 6 heteroatoms. The monoisotopic (exact) mass is 312 g/mol. The Morgan fingerprint density at radius 3 is 2.91 bits per heavy atom. The molecule has 0 aliphatic carbocycles. The Bertz CT molecular complexity index is 938. The number of nitrogens with zero attached hydrogens (tertiary/aromatic N) is 2. The summed E-state index contributed by atoms with van der Waals surface area (Å²) >= 11 is 1.59. The molecule has 1 aromatic carbocycles. The van der Waals surface area contributed by atoms with E-state index in [2.05, 4.69) is 10.1 Å². The molecule has 0 N–H and O–H groups in total. The zero-order valence-electron chi connectivity index (χ0n) is 12.0. The van der Waals surface area contributed by atoms with E-state index in [-0.39, 0.29) is 0 Å². The largest absolute Gasteiger partial charge is 0.497 e. The molecular weight excluding hydrogens is 300 g/mol. The summed E-state index contributed by atoms with van der Waals surface area (Å²) in [5, 5.41) is 8.95. The van der Waals surface area contributed by atoms with Crippen LogP contribution in [0.25, 0.3) is 34.0 Å². The van der Waals surface area contributed by atoms with E-state index < -0.39 is 0 Å². The summed E-state index contributed by atoms with van der Waals surface area (Å²) in [5.41, 5.74) is 2.65. The molecule has 0 spiro atoms. The summed E-state index contributed by atoms with van der Waals surface area (Å²) in [6.45, 7) is 1.97. The van der Waals surface area contributed by atoms with Crippen molar-refractivity contribution in [2.75, 3.05) is 7.11 Å². The number of rotatable bonds is 3. The number of aryl methyl sites for hydroxylation is 1. The highest BCUT2D eigenvalue weighted by atomic mass is 32.1. The molecular formula is C16H12N2O3S. The Morgan fingerprint density at radius 1 is 1.23 bits per heavy atom. The van der Waals surface area contributed by atoms with Gasteiger partial charge in [0.25, 0.3) is 5.89 Å². The molecule has 3 heterocycles. The summed E-state index contributed by atoms with van der Waals surface area (Å²) in [6.07, 6.45) is 0. The number of aromatic nitrogens is 2. The van der Waals surface area contributed by atoms with Gasteiger partial charge in [-0.05, 0) is 36.6 Å². The predicted molar refractivity (Wildman–Crippen MR) is 84.1 cm³/mol.